The molecule has 0 spiro atoms. The van der Waals surface area contributed by atoms with Crippen molar-refractivity contribution in [3.8, 4) is 0 Å². The summed E-state index contributed by atoms with van der Waals surface area (Å²) < 4.78 is 12.5. The Bertz CT molecular complexity index is 243. The summed E-state index contributed by atoms with van der Waals surface area (Å²) in [5.41, 5.74) is 2.28. The van der Waals surface area contributed by atoms with Gasteiger partial charge in [-0.25, -0.2) is 4.39 Å². The van der Waals surface area contributed by atoms with E-state index in [4.69, 9.17) is 0 Å². The Morgan fingerprint density at radius 2 is 2.22 bits per heavy atom. The van der Waals surface area contributed by atoms with Crippen LogP contribution in [0.5, 0.6) is 0 Å². The first kappa shape index (κ1) is 4.98. The molecule has 1 atom stereocenters. The van der Waals surface area contributed by atoms with Crippen molar-refractivity contribution in [2.75, 3.05) is 0 Å². The molecule has 1 heteroatoms. The van der Waals surface area contributed by atoms with Gasteiger partial charge in [-0.1, -0.05) is 11.6 Å². The van der Waals surface area contributed by atoms with Crippen molar-refractivity contribution in [3.63, 3.8) is 0 Å². The van der Waals surface area contributed by atoms with Crippen LogP contribution in [-0.4, -0.2) is 0 Å². The first-order chi connectivity index (χ1) is 4.27. The second kappa shape index (κ2) is 1.35. The second-order valence-corrected chi connectivity index (χ2v) is 2.56. The van der Waals surface area contributed by atoms with Crippen LogP contribution in [0, 0.1) is 5.92 Å². The molecule has 0 heterocycles. The molecule has 2 rings (SSSR count). The monoisotopic (exact) mass is 122 g/mol. The molecule has 1 unspecified atom stereocenters. The van der Waals surface area contributed by atoms with Crippen molar-refractivity contribution < 1.29 is 4.39 Å². The zero-order valence-corrected chi connectivity index (χ0v) is 5.19. The SMILES string of the molecule is CC1=CC(F)=CC2=CC12. The summed E-state index contributed by atoms with van der Waals surface area (Å²) in [6.07, 6.45) is 5.26. The van der Waals surface area contributed by atoms with E-state index in [1.54, 1.807) is 12.2 Å². The van der Waals surface area contributed by atoms with E-state index in [0.717, 1.165) is 11.1 Å². The van der Waals surface area contributed by atoms with Crippen LogP contribution < -0.4 is 0 Å². The average Bonchev–Trinajstić information content (AvgIpc) is 2.43. The molecule has 0 bridgehead atoms. The number of fused-ring (bicyclic) bond motifs is 1. The molecule has 2 aliphatic carbocycles. The van der Waals surface area contributed by atoms with Crippen molar-refractivity contribution in [1.29, 1.82) is 0 Å². The fourth-order valence-corrected chi connectivity index (χ4v) is 1.18. The van der Waals surface area contributed by atoms with Gasteiger partial charge in [-0.3, -0.25) is 0 Å². The minimum absolute atomic E-state index is 0.104. The minimum atomic E-state index is -0.104. The maximum absolute atomic E-state index is 12.5. The van der Waals surface area contributed by atoms with E-state index in [9.17, 15) is 4.39 Å². The first-order valence-corrected chi connectivity index (χ1v) is 3.04. The van der Waals surface area contributed by atoms with Crippen LogP contribution in [0.4, 0.5) is 4.39 Å². The molecular weight excluding hydrogens is 115 g/mol. The van der Waals surface area contributed by atoms with Crippen LogP contribution in [-0.2, 0) is 0 Å². The number of hydrogen-bond acceptors (Lipinski definition) is 0. The molecule has 0 aromatic heterocycles. The van der Waals surface area contributed by atoms with Gasteiger partial charge in [-0.2, -0.15) is 0 Å². The van der Waals surface area contributed by atoms with Crippen molar-refractivity contribution in [2.45, 2.75) is 6.92 Å². The molecule has 0 fully saturated rings. The van der Waals surface area contributed by atoms with Crippen LogP contribution in [0.3, 0.4) is 0 Å². The lowest BCUT2D eigenvalue weighted by Crippen LogP contribution is -1.88. The van der Waals surface area contributed by atoms with E-state index < -0.39 is 0 Å². The van der Waals surface area contributed by atoms with Gasteiger partial charge in [-0.15, -0.1) is 0 Å². The molecule has 2 aliphatic rings. The summed E-state index contributed by atoms with van der Waals surface area (Å²) >= 11 is 0. The van der Waals surface area contributed by atoms with Crippen LogP contribution in [0.2, 0.25) is 0 Å². The predicted molar refractivity (Wildman–Crippen MR) is 34.5 cm³/mol. The molecular formula is C8H7F. The van der Waals surface area contributed by atoms with E-state index in [1.165, 1.54) is 0 Å². The van der Waals surface area contributed by atoms with Crippen molar-refractivity contribution in [3.05, 3.63) is 35.2 Å². The standard InChI is InChI=1S/C8H7F/c1-5-2-7(9)3-6-4-8(5)6/h2-4,8H,1H3. The highest BCUT2D eigenvalue weighted by molar-refractivity contribution is 5.53. The maximum atomic E-state index is 12.5. The lowest BCUT2D eigenvalue weighted by molar-refractivity contribution is 0.658. The van der Waals surface area contributed by atoms with Gasteiger partial charge in [0.05, 0.1) is 0 Å². The summed E-state index contributed by atoms with van der Waals surface area (Å²) in [4.78, 5) is 0. The molecule has 0 aromatic rings. The molecule has 0 saturated carbocycles. The smallest absolute Gasteiger partial charge is 0.123 e. The summed E-state index contributed by atoms with van der Waals surface area (Å²) in [7, 11) is 0. The Morgan fingerprint density at radius 1 is 1.44 bits per heavy atom. The molecule has 0 amide bonds. The molecule has 0 nitrogen and oxygen atoms in total. The van der Waals surface area contributed by atoms with Gasteiger partial charge in [0.25, 0.3) is 0 Å². The van der Waals surface area contributed by atoms with Crippen molar-refractivity contribution in [2.24, 2.45) is 5.92 Å². The van der Waals surface area contributed by atoms with Crippen LogP contribution >= 0.6 is 0 Å². The van der Waals surface area contributed by atoms with Crippen LogP contribution in [0.1, 0.15) is 6.92 Å². The Balaban J connectivity index is 2.39. The van der Waals surface area contributed by atoms with E-state index >= 15 is 0 Å². The van der Waals surface area contributed by atoms with Gasteiger partial charge < -0.3 is 0 Å². The number of halogens is 1. The molecule has 46 valence electrons. The maximum Gasteiger partial charge on any atom is 0.123 e. The molecule has 0 aromatic carbocycles. The van der Waals surface area contributed by atoms with E-state index in [2.05, 4.69) is 6.08 Å². The summed E-state index contributed by atoms with van der Waals surface area (Å²) in [5, 5.41) is 0. The number of allylic oxidation sites excluding steroid dienone is 6. The normalized spacial score (nSPS) is 30.0. The Hall–Kier alpha value is -0.850. The lowest BCUT2D eigenvalue weighted by atomic mass is 10.0. The molecule has 0 N–H and O–H groups in total. The third kappa shape index (κ3) is 0.645. The highest BCUT2D eigenvalue weighted by Crippen LogP contribution is 2.40. The first-order valence-electron chi connectivity index (χ1n) is 3.04. The average molecular weight is 122 g/mol. The fraction of sp³-hybridized carbons (Fsp3) is 0.250. The number of hydrogen-bond donors (Lipinski definition) is 0. The molecule has 0 saturated heterocycles. The van der Waals surface area contributed by atoms with Gasteiger partial charge >= 0.3 is 0 Å². The molecule has 0 aliphatic heterocycles. The highest BCUT2D eigenvalue weighted by atomic mass is 19.1. The van der Waals surface area contributed by atoms with E-state index in [-0.39, 0.29) is 5.83 Å². The molecule has 9 heavy (non-hydrogen) atoms. The summed E-state index contributed by atoms with van der Waals surface area (Å²) in [6.45, 7) is 1.96. The van der Waals surface area contributed by atoms with Gasteiger partial charge in [0.15, 0.2) is 0 Å². The minimum Gasteiger partial charge on any atom is -0.207 e. The van der Waals surface area contributed by atoms with Gasteiger partial charge in [0, 0.05) is 5.92 Å². The second-order valence-electron chi connectivity index (χ2n) is 2.56. The van der Waals surface area contributed by atoms with Crippen molar-refractivity contribution >= 4 is 0 Å². The van der Waals surface area contributed by atoms with Crippen LogP contribution in [0.25, 0.3) is 0 Å². The zero-order chi connectivity index (χ0) is 6.43. The van der Waals surface area contributed by atoms with Gasteiger partial charge in [0.2, 0.25) is 0 Å². The Kier molecular flexibility index (Phi) is 0.747. The lowest BCUT2D eigenvalue weighted by Gasteiger charge is -2.02. The van der Waals surface area contributed by atoms with Crippen LogP contribution in [0.15, 0.2) is 35.2 Å². The molecule has 0 radical (unpaired) electrons. The van der Waals surface area contributed by atoms with E-state index in [0.29, 0.717) is 5.92 Å². The predicted octanol–water partition coefficient (Wildman–Crippen LogP) is 2.36. The van der Waals surface area contributed by atoms with Gasteiger partial charge in [-0.05, 0) is 24.6 Å². The zero-order valence-electron chi connectivity index (χ0n) is 5.19. The third-order valence-corrected chi connectivity index (χ3v) is 1.77. The largest absolute Gasteiger partial charge is 0.207 e. The Morgan fingerprint density at radius 3 is 2.89 bits per heavy atom. The quantitative estimate of drug-likeness (QED) is 0.462. The fourth-order valence-electron chi connectivity index (χ4n) is 1.18. The van der Waals surface area contributed by atoms with Crippen molar-refractivity contribution in [1.82, 2.24) is 0 Å². The Labute approximate surface area is 53.4 Å². The van der Waals surface area contributed by atoms with Gasteiger partial charge in [0.1, 0.15) is 5.83 Å². The number of rotatable bonds is 0. The summed E-state index contributed by atoms with van der Waals surface area (Å²) in [5.74, 6) is 0.386. The summed E-state index contributed by atoms with van der Waals surface area (Å²) in [6, 6.07) is 0. The highest BCUT2D eigenvalue weighted by Gasteiger charge is 2.27. The topological polar surface area (TPSA) is 0 Å². The van der Waals surface area contributed by atoms with E-state index in [1.807, 2.05) is 6.92 Å². The third-order valence-electron chi connectivity index (χ3n) is 1.77.